The van der Waals surface area contributed by atoms with Gasteiger partial charge in [0.2, 0.25) is 0 Å². The van der Waals surface area contributed by atoms with Crippen molar-refractivity contribution in [2.45, 2.75) is 26.6 Å². The predicted octanol–water partition coefficient (Wildman–Crippen LogP) is 1.11. The van der Waals surface area contributed by atoms with Crippen LogP contribution >= 0.6 is 23.1 Å². The maximum atomic E-state index is 6.00. The largest absolute Gasteiger partial charge is 0.313 e. The number of aryl methyl sites for hydroxylation is 1. The molecule has 0 bridgehead atoms. The summed E-state index contributed by atoms with van der Waals surface area (Å²) in [7, 11) is 0. The Kier molecular flexibility index (Phi) is 2.81. The molecule has 0 saturated heterocycles. The molecule has 1 aliphatic heterocycles. The first-order chi connectivity index (χ1) is 8.24. The molecule has 0 unspecified atom stereocenters. The van der Waals surface area contributed by atoms with Gasteiger partial charge < -0.3 is 4.57 Å². The molecule has 0 fully saturated rings. The van der Waals surface area contributed by atoms with Crippen LogP contribution in [0, 0.1) is 6.92 Å². The lowest BCUT2D eigenvalue weighted by Crippen LogP contribution is -2.33. The highest BCUT2D eigenvalue weighted by Crippen LogP contribution is 2.21. The summed E-state index contributed by atoms with van der Waals surface area (Å²) in [5.74, 6) is 1.99. The zero-order valence-electron chi connectivity index (χ0n) is 9.30. The molecule has 0 amide bonds. The topological polar surface area (TPSA) is 59.7 Å². The van der Waals surface area contributed by atoms with Gasteiger partial charge >= 0.3 is 0 Å². The van der Waals surface area contributed by atoms with Crippen LogP contribution in [0.5, 0.6) is 0 Å². The minimum absolute atomic E-state index is 0.674. The van der Waals surface area contributed by atoms with E-state index in [1.165, 1.54) is 11.5 Å². The highest BCUT2D eigenvalue weighted by molar-refractivity contribution is 7.10. The third-order valence-electron chi connectivity index (χ3n) is 2.90. The lowest BCUT2D eigenvalue weighted by atomic mass is 10.3. The average Bonchev–Trinajstić information content (AvgIpc) is 2.87. The van der Waals surface area contributed by atoms with E-state index < -0.39 is 0 Å². The van der Waals surface area contributed by atoms with Crippen molar-refractivity contribution in [1.82, 2.24) is 29.3 Å². The summed E-state index contributed by atoms with van der Waals surface area (Å²) in [4.78, 5) is 2.26. The third-order valence-corrected chi connectivity index (χ3v) is 3.88. The van der Waals surface area contributed by atoms with Gasteiger partial charge in [0.15, 0.2) is 0 Å². The molecule has 1 aliphatic rings. The number of hydrogen-bond donors (Lipinski definition) is 0. The van der Waals surface area contributed by atoms with Crippen molar-refractivity contribution in [3.63, 3.8) is 0 Å². The van der Waals surface area contributed by atoms with Crippen LogP contribution in [-0.2, 0) is 19.6 Å². The normalized spacial score (nSPS) is 16.1. The quantitative estimate of drug-likeness (QED) is 0.818. The summed E-state index contributed by atoms with van der Waals surface area (Å²) in [5.41, 5.74) is 0.848. The second-order valence-corrected chi connectivity index (χ2v) is 5.38. The van der Waals surface area contributed by atoms with Crippen molar-refractivity contribution in [3.8, 4) is 0 Å². The number of rotatable bonds is 2. The zero-order valence-corrected chi connectivity index (χ0v) is 10.9. The Hall–Kier alpha value is -1.05. The predicted molar refractivity (Wildman–Crippen MR) is 63.8 cm³/mol. The van der Waals surface area contributed by atoms with Gasteiger partial charge in [0.25, 0.3) is 0 Å². The molecule has 2 aromatic rings. The Labute approximate surface area is 107 Å². The highest BCUT2D eigenvalue weighted by atomic mass is 35.5. The molecule has 3 heterocycles. The number of nitrogens with zero attached hydrogens (tertiary/aromatic N) is 6. The molecule has 0 aromatic carbocycles. The van der Waals surface area contributed by atoms with E-state index in [4.69, 9.17) is 11.6 Å². The zero-order chi connectivity index (χ0) is 11.8. The van der Waals surface area contributed by atoms with Crippen LogP contribution in [0.25, 0.3) is 0 Å². The second-order valence-electron chi connectivity index (χ2n) is 4.02. The smallest absolute Gasteiger partial charge is 0.147 e. The highest BCUT2D eigenvalue weighted by Gasteiger charge is 2.21. The Morgan fingerprint density at radius 1 is 1.29 bits per heavy atom. The van der Waals surface area contributed by atoms with Crippen LogP contribution in [0.4, 0.5) is 0 Å². The molecule has 2 aromatic heterocycles. The van der Waals surface area contributed by atoms with Gasteiger partial charge in [0.05, 0.1) is 6.54 Å². The lowest BCUT2D eigenvalue weighted by Gasteiger charge is -2.26. The van der Waals surface area contributed by atoms with Crippen LogP contribution in [0.3, 0.4) is 0 Å². The second kappa shape index (κ2) is 4.32. The van der Waals surface area contributed by atoms with E-state index in [0.717, 1.165) is 43.5 Å². The van der Waals surface area contributed by atoms with Crippen molar-refractivity contribution in [2.24, 2.45) is 0 Å². The summed E-state index contributed by atoms with van der Waals surface area (Å²) in [6.45, 7) is 5.37. The van der Waals surface area contributed by atoms with Crippen LogP contribution < -0.4 is 0 Å². The monoisotopic (exact) mass is 270 g/mol. The maximum absolute atomic E-state index is 6.00. The van der Waals surface area contributed by atoms with Gasteiger partial charge in [-0.15, -0.1) is 15.3 Å². The molecule has 3 rings (SSSR count). The summed E-state index contributed by atoms with van der Waals surface area (Å²) in [6, 6.07) is 0. The van der Waals surface area contributed by atoms with Crippen LogP contribution in [-0.4, -0.2) is 35.8 Å². The number of aromatic nitrogens is 5. The molecule has 0 aliphatic carbocycles. The minimum atomic E-state index is 0.674. The third kappa shape index (κ3) is 2.05. The van der Waals surface area contributed by atoms with Crippen LogP contribution in [0.2, 0.25) is 4.34 Å². The Morgan fingerprint density at radius 3 is 2.94 bits per heavy atom. The van der Waals surface area contributed by atoms with Crippen molar-refractivity contribution >= 4 is 23.1 Å². The lowest BCUT2D eigenvalue weighted by molar-refractivity contribution is 0.205. The van der Waals surface area contributed by atoms with Gasteiger partial charge in [-0.3, -0.25) is 4.90 Å². The fraction of sp³-hybridized carbons (Fsp3) is 0.556. The van der Waals surface area contributed by atoms with Crippen LogP contribution in [0.1, 0.15) is 17.3 Å². The van der Waals surface area contributed by atoms with Gasteiger partial charge in [0.1, 0.15) is 21.7 Å². The van der Waals surface area contributed by atoms with E-state index in [1.54, 1.807) is 0 Å². The van der Waals surface area contributed by atoms with Gasteiger partial charge in [-0.2, -0.15) is 0 Å². The number of hydrogen-bond acceptors (Lipinski definition) is 6. The van der Waals surface area contributed by atoms with E-state index in [2.05, 4.69) is 29.3 Å². The molecule has 6 nitrogen and oxygen atoms in total. The summed E-state index contributed by atoms with van der Waals surface area (Å²) >= 11 is 7.22. The number of halogens is 1. The van der Waals surface area contributed by atoms with Gasteiger partial charge in [-0.25, -0.2) is 0 Å². The first kappa shape index (κ1) is 11.1. The Balaban J connectivity index is 1.74. The molecule has 0 saturated carbocycles. The average molecular weight is 271 g/mol. The van der Waals surface area contributed by atoms with Crippen molar-refractivity contribution in [3.05, 3.63) is 21.7 Å². The van der Waals surface area contributed by atoms with Gasteiger partial charge in [-0.1, -0.05) is 16.1 Å². The van der Waals surface area contributed by atoms with E-state index in [9.17, 15) is 0 Å². The maximum Gasteiger partial charge on any atom is 0.147 e. The minimum Gasteiger partial charge on any atom is -0.313 e. The molecule has 17 heavy (non-hydrogen) atoms. The molecular weight excluding hydrogens is 260 g/mol. The molecule has 0 radical (unpaired) electrons. The summed E-state index contributed by atoms with van der Waals surface area (Å²) in [6.07, 6.45) is 0. The van der Waals surface area contributed by atoms with E-state index in [0.29, 0.717) is 4.34 Å². The van der Waals surface area contributed by atoms with Crippen molar-refractivity contribution in [1.29, 1.82) is 0 Å². The molecule has 8 heteroatoms. The first-order valence-corrected chi connectivity index (χ1v) is 6.47. The van der Waals surface area contributed by atoms with Crippen molar-refractivity contribution < 1.29 is 0 Å². The number of fused-ring (bicyclic) bond motifs is 1. The van der Waals surface area contributed by atoms with Gasteiger partial charge in [0, 0.05) is 31.2 Å². The van der Waals surface area contributed by atoms with Gasteiger partial charge in [-0.05, 0) is 6.92 Å². The Bertz CT molecular complexity index is 535. The standard InChI is InChI=1S/C9H11ClN6S/c1-6-11-13-8-5-15(2-3-16(6)8)4-7-9(10)17-14-12-7/h2-5H2,1H3. The Morgan fingerprint density at radius 2 is 2.18 bits per heavy atom. The molecule has 0 N–H and O–H groups in total. The molecule has 0 spiro atoms. The fourth-order valence-electron chi connectivity index (χ4n) is 1.99. The van der Waals surface area contributed by atoms with E-state index in [-0.39, 0.29) is 0 Å². The molecular formula is C9H11ClN6S. The summed E-state index contributed by atoms with van der Waals surface area (Å²) < 4.78 is 6.66. The molecule has 0 atom stereocenters. The van der Waals surface area contributed by atoms with Crippen molar-refractivity contribution in [2.75, 3.05) is 6.54 Å². The van der Waals surface area contributed by atoms with E-state index in [1.807, 2.05) is 6.92 Å². The van der Waals surface area contributed by atoms with E-state index >= 15 is 0 Å². The van der Waals surface area contributed by atoms with Crippen LogP contribution in [0.15, 0.2) is 0 Å². The fourth-order valence-corrected chi connectivity index (χ4v) is 2.60. The SMILES string of the molecule is Cc1nnc2n1CCN(Cc1nnsc1Cl)C2. The summed E-state index contributed by atoms with van der Waals surface area (Å²) in [5, 5.41) is 12.3. The first-order valence-electron chi connectivity index (χ1n) is 5.32. The molecule has 90 valence electrons.